The van der Waals surface area contributed by atoms with Gasteiger partial charge in [0, 0.05) is 20.1 Å². The van der Waals surface area contributed by atoms with Gasteiger partial charge < -0.3 is 10.6 Å². The summed E-state index contributed by atoms with van der Waals surface area (Å²) in [5.74, 6) is 3.43. The van der Waals surface area contributed by atoms with Crippen molar-refractivity contribution in [3.63, 3.8) is 0 Å². The number of aryl methyl sites for hydroxylation is 2. The summed E-state index contributed by atoms with van der Waals surface area (Å²) in [5, 5.41) is 11.4. The summed E-state index contributed by atoms with van der Waals surface area (Å²) in [6, 6.07) is 0.202. The Morgan fingerprint density at radius 1 is 1.43 bits per heavy atom. The van der Waals surface area contributed by atoms with Crippen LogP contribution in [-0.4, -0.2) is 34.3 Å². The van der Waals surface area contributed by atoms with Crippen LogP contribution in [0.5, 0.6) is 0 Å². The number of aromatic nitrogens is 3. The molecule has 0 bridgehead atoms. The number of rotatable bonds is 5. The third-order valence-corrected chi connectivity index (χ3v) is 4.23. The first kappa shape index (κ1) is 15.8. The van der Waals surface area contributed by atoms with Gasteiger partial charge in [0.2, 0.25) is 0 Å². The fourth-order valence-corrected chi connectivity index (χ4v) is 2.78. The molecule has 0 aliphatic carbocycles. The fourth-order valence-electron chi connectivity index (χ4n) is 2.78. The van der Waals surface area contributed by atoms with E-state index >= 15 is 0 Å². The van der Waals surface area contributed by atoms with Crippen molar-refractivity contribution in [1.29, 1.82) is 0 Å². The number of fused-ring (bicyclic) bond motifs is 1. The highest BCUT2D eigenvalue weighted by molar-refractivity contribution is 5.80. The van der Waals surface area contributed by atoms with Crippen molar-refractivity contribution in [2.24, 2.45) is 10.9 Å². The van der Waals surface area contributed by atoms with Crippen LogP contribution in [0.15, 0.2) is 4.99 Å². The second-order valence-corrected chi connectivity index (χ2v) is 5.72. The van der Waals surface area contributed by atoms with Gasteiger partial charge in [-0.15, -0.1) is 0 Å². The Balaban J connectivity index is 1.97. The number of hydrogen-bond donors (Lipinski definition) is 2. The number of nitrogens with zero attached hydrogens (tertiary/aromatic N) is 4. The van der Waals surface area contributed by atoms with Gasteiger partial charge in [-0.25, -0.2) is 9.67 Å². The first-order valence-electron chi connectivity index (χ1n) is 8.06. The number of nitrogens with one attached hydrogen (secondary N) is 2. The second-order valence-electron chi connectivity index (χ2n) is 5.72. The standard InChI is InChI=1S/C15H28N6/c1-5-12(6-2)10-17-15(16-4)19-13-8-7-9-21-14(13)18-11(3)20-21/h12-13H,5-10H2,1-4H3,(H2,16,17,19). The van der Waals surface area contributed by atoms with Crippen molar-refractivity contribution in [3.8, 4) is 0 Å². The second kappa shape index (κ2) is 7.43. The molecule has 118 valence electrons. The lowest BCUT2D eigenvalue weighted by Gasteiger charge is -2.25. The van der Waals surface area contributed by atoms with Gasteiger partial charge >= 0.3 is 0 Å². The zero-order valence-electron chi connectivity index (χ0n) is 13.7. The lowest BCUT2D eigenvalue weighted by molar-refractivity contribution is 0.395. The molecule has 2 heterocycles. The van der Waals surface area contributed by atoms with Gasteiger partial charge in [0.1, 0.15) is 11.6 Å². The number of guanidine groups is 1. The van der Waals surface area contributed by atoms with Crippen molar-refractivity contribution in [1.82, 2.24) is 25.4 Å². The van der Waals surface area contributed by atoms with Crippen molar-refractivity contribution in [3.05, 3.63) is 11.6 Å². The Morgan fingerprint density at radius 3 is 2.86 bits per heavy atom. The minimum absolute atomic E-state index is 0.202. The van der Waals surface area contributed by atoms with E-state index in [1.54, 1.807) is 0 Å². The van der Waals surface area contributed by atoms with E-state index in [4.69, 9.17) is 0 Å². The average Bonchev–Trinajstić information content (AvgIpc) is 2.88. The van der Waals surface area contributed by atoms with Crippen LogP contribution in [0.4, 0.5) is 0 Å². The highest BCUT2D eigenvalue weighted by Crippen LogP contribution is 2.22. The first-order chi connectivity index (χ1) is 10.2. The van der Waals surface area contributed by atoms with Gasteiger partial charge in [0.05, 0.1) is 6.04 Å². The summed E-state index contributed by atoms with van der Waals surface area (Å²) in [6.07, 6.45) is 4.58. The van der Waals surface area contributed by atoms with Crippen molar-refractivity contribution >= 4 is 5.96 Å². The molecule has 0 saturated heterocycles. The zero-order chi connectivity index (χ0) is 15.2. The van der Waals surface area contributed by atoms with Gasteiger partial charge in [-0.1, -0.05) is 26.7 Å². The van der Waals surface area contributed by atoms with Crippen molar-refractivity contribution in [2.45, 2.75) is 59.0 Å². The largest absolute Gasteiger partial charge is 0.356 e. The smallest absolute Gasteiger partial charge is 0.191 e. The van der Waals surface area contributed by atoms with Crippen LogP contribution in [0.2, 0.25) is 0 Å². The third-order valence-electron chi connectivity index (χ3n) is 4.23. The molecule has 6 heteroatoms. The summed E-state index contributed by atoms with van der Waals surface area (Å²) >= 11 is 0. The Morgan fingerprint density at radius 2 is 2.19 bits per heavy atom. The molecule has 0 fully saturated rings. The number of hydrogen-bond acceptors (Lipinski definition) is 3. The molecular weight excluding hydrogens is 264 g/mol. The van der Waals surface area contributed by atoms with Crippen LogP contribution < -0.4 is 10.6 Å². The normalized spacial score (nSPS) is 18.7. The van der Waals surface area contributed by atoms with Crippen LogP contribution in [0.25, 0.3) is 0 Å². The number of aliphatic imine (C=N–C) groups is 1. The summed E-state index contributed by atoms with van der Waals surface area (Å²) in [6.45, 7) is 8.35. The molecule has 0 saturated carbocycles. The summed E-state index contributed by atoms with van der Waals surface area (Å²) in [7, 11) is 1.82. The Bertz CT molecular complexity index is 475. The van der Waals surface area contributed by atoms with Crippen LogP contribution >= 0.6 is 0 Å². The molecule has 21 heavy (non-hydrogen) atoms. The molecule has 0 spiro atoms. The lowest BCUT2D eigenvalue weighted by atomic mass is 10.0. The summed E-state index contributed by atoms with van der Waals surface area (Å²) < 4.78 is 2.02. The predicted octanol–water partition coefficient (Wildman–Crippen LogP) is 2.02. The quantitative estimate of drug-likeness (QED) is 0.643. The van der Waals surface area contributed by atoms with Gasteiger partial charge in [-0.3, -0.25) is 4.99 Å². The molecule has 1 unspecified atom stereocenters. The van der Waals surface area contributed by atoms with E-state index in [1.165, 1.54) is 12.8 Å². The average molecular weight is 292 g/mol. The maximum absolute atomic E-state index is 4.55. The van der Waals surface area contributed by atoms with Crippen LogP contribution in [0, 0.1) is 12.8 Å². The van der Waals surface area contributed by atoms with Gasteiger partial charge in [-0.05, 0) is 25.7 Å². The third kappa shape index (κ3) is 3.95. The molecule has 1 atom stereocenters. The minimum Gasteiger partial charge on any atom is -0.356 e. The summed E-state index contributed by atoms with van der Waals surface area (Å²) in [5.41, 5.74) is 0. The van der Waals surface area contributed by atoms with E-state index in [0.717, 1.165) is 43.5 Å². The zero-order valence-corrected chi connectivity index (χ0v) is 13.7. The maximum atomic E-state index is 4.55. The molecular formula is C15H28N6. The van der Waals surface area contributed by atoms with Crippen LogP contribution in [0.1, 0.15) is 57.2 Å². The van der Waals surface area contributed by atoms with E-state index in [2.05, 4.69) is 39.6 Å². The molecule has 1 aromatic rings. The van der Waals surface area contributed by atoms with E-state index < -0.39 is 0 Å². The Labute approximate surface area is 127 Å². The van der Waals surface area contributed by atoms with Crippen LogP contribution in [-0.2, 0) is 6.54 Å². The van der Waals surface area contributed by atoms with E-state index in [1.807, 2.05) is 18.7 Å². The molecule has 1 aliphatic rings. The topological polar surface area (TPSA) is 67.1 Å². The molecule has 2 N–H and O–H groups in total. The molecule has 1 aliphatic heterocycles. The fraction of sp³-hybridized carbons (Fsp3) is 0.800. The Kier molecular flexibility index (Phi) is 5.59. The molecule has 6 nitrogen and oxygen atoms in total. The SMILES string of the molecule is CCC(CC)CNC(=NC)NC1CCCn2nc(C)nc21. The maximum Gasteiger partial charge on any atom is 0.191 e. The molecule has 2 rings (SSSR count). The van der Waals surface area contributed by atoms with Gasteiger partial charge in [-0.2, -0.15) is 5.10 Å². The van der Waals surface area contributed by atoms with E-state index in [9.17, 15) is 0 Å². The monoisotopic (exact) mass is 292 g/mol. The molecule has 0 amide bonds. The predicted molar refractivity (Wildman–Crippen MR) is 85.3 cm³/mol. The lowest BCUT2D eigenvalue weighted by Crippen LogP contribution is -2.43. The van der Waals surface area contributed by atoms with Crippen molar-refractivity contribution in [2.75, 3.05) is 13.6 Å². The highest BCUT2D eigenvalue weighted by Gasteiger charge is 2.24. The molecule has 1 aromatic heterocycles. The Hall–Kier alpha value is -1.59. The van der Waals surface area contributed by atoms with Crippen molar-refractivity contribution < 1.29 is 0 Å². The van der Waals surface area contributed by atoms with Crippen LogP contribution in [0.3, 0.4) is 0 Å². The summed E-state index contributed by atoms with van der Waals surface area (Å²) in [4.78, 5) is 8.89. The van der Waals surface area contributed by atoms with E-state index in [-0.39, 0.29) is 6.04 Å². The minimum atomic E-state index is 0.202. The van der Waals surface area contributed by atoms with Gasteiger partial charge in [0.25, 0.3) is 0 Å². The highest BCUT2D eigenvalue weighted by atomic mass is 15.4. The van der Waals surface area contributed by atoms with Gasteiger partial charge in [0.15, 0.2) is 5.96 Å². The molecule has 0 aromatic carbocycles. The van der Waals surface area contributed by atoms with E-state index in [0.29, 0.717) is 5.92 Å². The first-order valence-corrected chi connectivity index (χ1v) is 8.06. The molecule has 0 radical (unpaired) electrons.